The Morgan fingerprint density at radius 2 is 2.09 bits per heavy atom. The van der Waals surface area contributed by atoms with Gasteiger partial charge in [0.25, 0.3) is 0 Å². The molecule has 8 nitrogen and oxygen atoms in total. The van der Waals surface area contributed by atoms with E-state index < -0.39 is 0 Å². The van der Waals surface area contributed by atoms with E-state index in [1.165, 1.54) is 22.6 Å². The second-order valence-electron chi connectivity index (χ2n) is 8.40. The molecule has 0 spiro atoms. The van der Waals surface area contributed by atoms with Crippen LogP contribution in [0.2, 0.25) is 10.0 Å². The number of benzene rings is 1. The number of rotatable bonds is 5. The smallest absolute Gasteiger partial charge is 0.326 e. The summed E-state index contributed by atoms with van der Waals surface area (Å²) in [5, 5.41) is 4.43. The highest BCUT2D eigenvalue weighted by Gasteiger charge is 2.30. The Morgan fingerprint density at radius 3 is 2.88 bits per heavy atom. The number of nitrogens with zero attached hydrogens (tertiary/aromatic N) is 4. The first-order valence-electron chi connectivity index (χ1n) is 11.0. The fourth-order valence-corrected chi connectivity index (χ4v) is 5.97. The molecule has 11 heteroatoms. The lowest BCUT2D eigenvalue weighted by Crippen LogP contribution is -2.49. The van der Waals surface area contributed by atoms with Gasteiger partial charge in [-0.15, -0.1) is 11.3 Å². The van der Waals surface area contributed by atoms with Gasteiger partial charge < -0.3 is 15.0 Å². The molecule has 0 bridgehead atoms. The molecule has 1 unspecified atom stereocenters. The molecule has 5 rings (SSSR count). The van der Waals surface area contributed by atoms with E-state index in [1.54, 1.807) is 18.0 Å². The lowest BCUT2D eigenvalue weighted by atomic mass is 9.98. The fourth-order valence-electron chi connectivity index (χ4n) is 4.29. The van der Waals surface area contributed by atoms with Crippen molar-refractivity contribution in [2.45, 2.75) is 25.5 Å². The normalized spacial score (nSPS) is 19.3. The summed E-state index contributed by atoms with van der Waals surface area (Å²) in [6.07, 6.45) is 2.44. The van der Waals surface area contributed by atoms with Gasteiger partial charge in [-0.1, -0.05) is 23.2 Å². The minimum absolute atomic E-state index is 0.00415. The Balaban J connectivity index is 1.53. The van der Waals surface area contributed by atoms with Crippen molar-refractivity contribution in [1.29, 1.82) is 0 Å². The van der Waals surface area contributed by atoms with Gasteiger partial charge in [0.1, 0.15) is 6.33 Å². The maximum atomic E-state index is 12.5. The number of urea groups is 1. The summed E-state index contributed by atoms with van der Waals surface area (Å²) in [5.41, 5.74) is 3.21. The van der Waals surface area contributed by atoms with E-state index in [1.807, 2.05) is 12.1 Å². The van der Waals surface area contributed by atoms with Crippen molar-refractivity contribution < 1.29 is 14.3 Å². The van der Waals surface area contributed by atoms with E-state index in [0.717, 1.165) is 45.0 Å². The average molecular weight is 520 g/mol. The van der Waals surface area contributed by atoms with Gasteiger partial charge in [0.2, 0.25) is 5.91 Å². The second kappa shape index (κ2) is 9.75. The zero-order chi connectivity index (χ0) is 23.8. The van der Waals surface area contributed by atoms with Crippen LogP contribution in [0.5, 0.6) is 0 Å². The standard InChI is InChI=1S/C23H23Cl2N5O3S/c1-29-4-2-20(31)30(23(29)32)11-15-9-19-22(34-15)21(28-12-27-19)17-6-13(24)7-18(25)16(17)8-14-10-26-3-5-33-14/h6-7,9,12,14,26H,2-5,8,10-11H2,1H3. The number of morpholine rings is 1. The number of nitrogens with one attached hydrogen (secondary N) is 1. The van der Waals surface area contributed by atoms with Crippen molar-refractivity contribution in [3.05, 3.63) is 45.0 Å². The highest BCUT2D eigenvalue weighted by Crippen LogP contribution is 2.39. The Hall–Kier alpha value is -2.30. The van der Waals surface area contributed by atoms with Crippen molar-refractivity contribution in [2.24, 2.45) is 0 Å². The average Bonchev–Trinajstić information content (AvgIpc) is 3.24. The Bertz CT molecular complexity index is 1260. The zero-order valence-electron chi connectivity index (χ0n) is 18.5. The van der Waals surface area contributed by atoms with E-state index in [9.17, 15) is 9.59 Å². The molecule has 1 atom stereocenters. The molecular formula is C23H23Cl2N5O3S. The van der Waals surface area contributed by atoms with E-state index in [0.29, 0.717) is 36.0 Å². The molecule has 1 N–H and O–H groups in total. The van der Waals surface area contributed by atoms with Crippen molar-refractivity contribution in [3.8, 4) is 11.3 Å². The van der Waals surface area contributed by atoms with Crippen LogP contribution in [0, 0.1) is 0 Å². The molecule has 178 valence electrons. The van der Waals surface area contributed by atoms with Gasteiger partial charge in [0.15, 0.2) is 0 Å². The number of fused-ring (bicyclic) bond motifs is 1. The predicted octanol–water partition coefficient (Wildman–Crippen LogP) is 3.98. The largest absolute Gasteiger partial charge is 0.375 e. The third-order valence-corrected chi connectivity index (χ3v) is 7.72. The van der Waals surface area contributed by atoms with Gasteiger partial charge in [-0.3, -0.25) is 9.69 Å². The maximum Gasteiger partial charge on any atom is 0.326 e. The van der Waals surface area contributed by atoms with Crippen LogP contribution in [0.3, 0.4) is 0 Å². The summed E-state index contributed by atoms with van der Waals surface area (Å²) in [6.45, 7) is 2.87. The number of thiophene rings is 1. The number of hydrogen-bond donors (Lipinski definition) is 1. The first-order valence-corrected chi connectivity index (χ1v) is 12.6. The van der Waals surface area contributed by atoms with Gasteiger partial charge in [0, 0.05) is 60.0 Å². The highest BCUT2D eigenvalue weighted by molar-refractivity contribution is 7.19. The minimum Gasteiger partial charge on any atom is -0.375 e. The molecule has 3 amide bonds. The summed E-state index contributed by atoms with van der Waals surface area (Å²) < 4.78 is 6.76. The van der Waals surface area contributed by atoms with Crippen LogP contribution in [-0.4, -0.2) is 71.1 Å². The van der Waals surface area contributed by atoms with Crippen LogP contribution in [0.25, 0.3) is 21.5 Å². The lowest BCUT2D eigenvalue weighted by molar-refractivity contribution is -0.131. The van der Waals surface area contributed by atoms with Crippen LogP contribution in [-0.2, 0) is 22.5 Å². The topological polar surface area (TPSA) is 87.7 Å². The quantitative estimate of drug-likeness (QED) is 0.548. The number of carbonyl (C=O) groups is 2. The Morgan fingerprint density at radius 1 is 1.24 bits per heavy atom. The molecule has 2 aromatic heterocycles. The molecule has 0 radical (unpaired) electrons. The zero-order valence-corrected chi connectivity index (χ0v) is 20.8. The van der Waals surface area contributed by atoms with Gasteiger partial charge in [-0.25, -0.2) is 14.8 Å². The number of carbonyl (C=O) groups excluding carboxylic acids is 2. The number of halogens is 2. The molecule has 0 saturated carbocycles. The van der Waals surface area contributed by atoms with Gasteiger partial charge >= 0.3 is 6.03 Å². The Kier molecular flexibility index (Phi) is 6.72. The van der Waals surface area contributed by atoms with E-state index >= 15 is 0 Å². The lowest BCUT2D eigenvalue weighted by Gasteiger charge is -2.31. The molecule has 0 aliphatic carbocycles. The third-order valence-electron chi connectivity index (χ3n) is 6.05. The van der Waals surface area contributed by atoms with E-state index in [-0.39, 0.29) is 24.6 Å². The molecule has 2 aliphatic heterocycles. The molecule has 4 heterocycles. The number of imide groups is 1. The van der Waals surface area contributed by atoms with Gasteiger partial charge in [-0.2, -0.15) is 0 Å². The summed E-state index contributed by atoms with van der Waals surface area (Å²) in [4.78, 5) is 37.6. The van der Waals surface area contributed by atoms with Crippen LogP contribution in [0.15, 0.2) is 24.5 Å². The monoisotopic (exact) mass is 519 g/mol. The van der Waals surface area contributed by atoms with Gasteiger partial charge in [0.05, 0.1) is 35.2 Å². The van der Waals surface area contributed by atoms with Crippen LogP contribution < -0.4 is 5.32 Å². The van der Waals surface area contributed by atoms with E-state index in [4.69, 9.17) is 27.9 Å². The first-order chi connectivity index (χ1) is 16.4. The van der Waals surface area contributed by atoms with Crippen LogP contribution in [0.4, 0.5) is 4.79 Å². The van der Waals surface area contributed by atoms with Crippen molar-refractivity contribution in [3.63, 3.8) is 0 Å². The van der Waals surface area contributed by atoms with Crippen LogP contribution >= 0.6 is 34.5 Å². The molecule has 2 fully saturated rings. The summed E-state index contributed by atoms with van der Waals surface area (Å²) in [6, 6.07) is 5.22. The number of aromatic nitrogens is 2. The second-order valence-corrected chi connectivity index (χ2v) is 10.4. The summed E-state index contributed by atoms with van der Waals surface area (Å²) in [7, 11) is 1.70. The summed E-state index contributed by atoms with van der Waals surface area (Å²) >= 11 is 14.5. The number of amides is 3. The first kappa shape index (κ1) is 23.4. The SMILES string of the molecule is CN1CCC(=O)N(Cc2cc3ncnc(-c4cc(Cl)cc(Cl)c4CC4CNCCO4)c3s2)C1=O. The van der Waals surface area contributed by atoms with Crippen molar-refractivity contribution in [2.75, 3.05) is 33.3 Å². The van der Waals surface area contributed by atoms with Crippen molar-refractivity contribution >= 4 is 56.7 Å². The van der Waals surface area contributed by atoms with Gasteiger partial charge in [-0.05, 0) is 23.8 Å². The Labute approximate surface area is 210 Å². The molecule has 3 aromatic rings. The highest BCUT2D eigenvalue weighted by atomic mass is 35.5. The number of hydrogen-bond acceptors (Lipinski definition) is 7. The van der Waals surface area contributed by atoms with E-state index in [2.05, 4.69) is 15.3 Å². The molecule has 34 heavy (non-hydrogen) atoms. The predicted molar refractivity (Wildman–Crippen MR) is 132 cm³/mol. The molecule has 2 aliphatic rings. The third kappa shape index (κ3) is 4.63. The molecular weight excluding hydrogens is 497 g/mol. The summed E-state index contributed by atoms with van der Waals surface area (Å²) in [5.74, 6) is -0.170. The fraction of sp³-hybridized carbons (Fsp3) is 0.391. The number of ether oxygens (including phenoxy) is 1. The maximum absolute atomic E-state index is 12.5. The molecule has 2 saturated heterocycles. The van der Waals surface area contributed by atoms with Crippen molar-refractivity contribution in [1.82, 2.24) is 25.1 Å². The minimum atomic E-state index is -0.287. The molecule has 1 aromatic carbocycles. The van der Waals surface area contributed by atoms with Crippen LogP contribution in [0.1, 0.15) is 16.9 Å².